The van der Waals surface area contributed by atoms with Gasteiger partial charge in [0.25, 0.3) is 0 Å². The molecule has 0 unspecified atom stereocenters. The highest BCUT2D eigenvalue weighted by Gasteiger charge is 2.17. The molecule has 8 heteroatoms. The lowest BCUT2D eigenvalue weighted by atomic mass is 10.5. The van der Waals surface area contributed by atoms with Crippen LogP contribution in [0.4, 0.5) is 5.82 Å². The minimum absolute atomic E-state index is 0.0776. The van der Waals surface area contributed by atoms with Crippen LogP contribution < -0.4 is 0 Å². The van der Waals surface area contributed by atoms with E-state index in [0.29, 0.717) is 18.9 Å². The molecule has 0 aliphatic heterocycles. The van der Waals surface area contributed by atoms with Crippen molar-refractivity contribution in [2.45, 2.75) is 13.5 Å². The van der Waals surface area contributed by atoms with E-state index in [2.05, 4.69) is 4.98 Å². The van der Waals surface area contributed by atoms with E-state index >= 15 is 0 Å². The third kappa shape index (κ3) is 3.52. The molecule has 0 bridgehead atoms. The zero-order chi connectivity index (χ0) is 13.0. The van der Waals surface area contributed by atoms with Crippen LogP contribution in [0.5, 0.6) is 0 Å². The first-order valence-electron chi connectivity index (χ1n) is 4.98. The summed E-state index contributed by atoms with van der Waals surface area (Å²) in [4.78, 5) is 26.1. The number of carboxylic acids is 1. The van der Waals surface area contributed by atoms with Crippen LogP contribution in [0.25, 0.3) is 0 Å². The summed E-state index contributed by atoms with van der Waals surface area (Å²) in [6.07, 6.45) is 1.20. The Kier molecular flexibility index (Phi) is 4.16. The second-order valence-electron chi connectivity index (χ2n) is 3.70. The molecule has 0 radical (unpaired) electrons. The molecule has 1 aromatic heterocycles. The number of nitro groups is 1. The number of aromatic nitrogens is 2. The lowest BCUT2D eigenvalue weighted by molar-refractivity contribution is -0.392. The number of rotatable bonds is 6. The van der Waals surface area contributed by atoms with Gasteiger partial charge in [0.2, 0.25) is 0 Å². The van der Waals surface area contributed by atoms with E-state index in [4.69, 9.17) is 5.11 Å². The summed E-state index contributed by atoms with van der Waals surface area (Å²) in [5.74, 6) is -0.462. The van der Waals surface area contributed by atoms with E-state index in [0.717, 1.165) is 0 Å². The summed E-state index contributed by atoms with van der Waals surface area (Å²) >= 11 is 0. The Morgan fingerprint density at radius 2 is 2.35 bits per heavy atom. The predicted octanol–water partition coefficient (Wildman–Crippen LogP) is 0.116. The number of likely N-dealkylation sites (N-methyl/N-ethyl adjacent to an activating group) is 1. The number of hydrogen-bond donors (Lipinski definition) is 1. The van der Waals surface area contributed by atoms with Crippen molar-refractivity contribution in [3.63, 3.8) is 0 Å². The Bertz CT molecular complexity index is 429. The van der Waals surface area contributed by atoms with Crippen molar-refractivity contribution in [3.05, 3.63) is 22.1 Å². The summed E-state index contributed by atoms with van der Waals surface area (Å²) in [7, 11) is 1.65. The SMILES string of the molecule is Cc1ncc([N+](=O)[O-])n1CCN(C)CC(=O)O. The highest BCUT2D eigenvalue weighted by atomic mass is 16.6. The Morgan fingerprint density at radius 1 is 1.71 bits per heavy atom. The molecule has 0 saturated heterocycles. The quantitative estimate of drug-likeness (QED) is 0.561. The summed E-state index contributed by atoms with van der Waals surface area (Å²) in [6.45, 7) is 2.32. The average molecular weight is 242 g/mol. The Labute approximate surface area is 97.6 Å². The lowest BCUT2D eigenvalue weighted by Crippen LogP contribution is -2.29. The Hall–Kier alpha value is -1.96. The van der Waals surface area contributed by atoms with Crippen LogP contribution in [0.2, 0.25) is 0 Å². The van der Waals surface area contributed by atoms with E-state index in [1.807, 2.05) is 0 Å². The summed E-state index contributed by atoms with van der Waals surface area (Å²) < 4.78 is 1.46. The highest BCUT2D eigenvalue weighted by Crippen LogP contribution is 2.13. The maximum Gasteiger partial charge on any atom is 0.342 e. The van der Waals surface area contributed by atoms with Crippen LogP contribution in [0.15, 0.2) is 6.20 Å². The number of hydrogen-bond acceptors (Lipinski definition) is 5. The fraction of sp³-hybridized carbons (Fsp3) is 0.556. The number of aliphatic carboxylic acids is 1. The molecule has 0 aliphatic rings. The first kappa shape index (κ1) is 13.1. The van der Waals surface area contributed by atoms with Crippen molar-refractivity contribution in [3.8, 4) is 0 Å². The number of carboxylic acid groups (broad SMARTS) is 1. The predicted molar refractivity (Wildman–Crippen MR) is 58.8 cm³/mol. The zero-order valence-corrected chi connectivity index (χ0v) is 9.66. The van der Waals surface area contributed by atoms with Gasteiger partial charge < -0.3 is 15.2 Å². The number of carbonyl (C=O) groups is 1. The minimum Gasteiger partial charge on any atom is -0.480 e. The van der Waals surface area contributed by atoms with Crippen LogP contribution >= 0.6 is 0 Å². The normalized spacial score (nSPS) is 10.8. The largest absolute Gasteiger partial charge is 0.480 e. The summed E-state index contributed by atoms with van der Waals surface area (Å²) in [6, 6.07) is 0. The number of nitrogens with zero attached hydrogens (tertiary/aromatic N) is 4. The van der Waals surface area contributed by atoms with Gasteiger partial charge in [0.05, 0.1) is 6.54 Å². The van der Waals surface area contributed by atoms with Crippen molar-refractivity contribution >= 4 is 11.8 Å². The molecular formula is C9H14N4O4. The molecule has 1 aromatic rings. The molecule has 1 rings (SSSR count). The monoisotopic (exact) mass is 242 g/mol. The molecule has 0 aliphatic carbocycles. The topological polar surface area (TPSA) is 102 Å². The molecule has 1 heterocycles. The third-order valence-electron chi connectivity index (χ3n) is 2.33. The van der Waals surface area contributed by atoms with Crippen molar-refractivity contribution in [1.29, 1.82) is 0 Å². The van der Waals surface area contributed by atoms with Gasteiger partial charge in [0.1, 0.15) is 12.7 Å². The zero-order valence-electron chi connectivity index (χ0n) is 9.66. The molecule has 0 amide bonds. The number of aryl methyl sites for hydroxylation is 1. The van der Waals surface area contributed by atoms with Crippen LogP contribution in [0, 0.1) is 17.0 Å². The van der Waals surface area contributed by atoms with E-state index in [9.17, 15) is 14.9 Å². The molecule has 0 aromatic carbocycles. The standard InChI is InChI=1S/C9H14N4O4/c1-7-10-5-8(13(16)17)12(7)4-3-11(2)6-9(14)15/h5H,3-4,6H2,1-2H3,(H,14,15). The molecule has 0 fully saturated rings. The van der Waals surface area contributed by atoms with Gasteiger partial charge in [-0.25, -0.2) is 9.55 Å². The van der Waals surface area contributed by atoms with Crippen molar-refractivity contribution < 1.29 is 14.8 Å². The molecule has 94 valence electrons. The van der Waals surface area contributed by atoms with Gasteiger partial charge in [-0.15, -0.1) is 0 Å². The molecule has 0 spiro atoms. The Morgan fingerprint density at radius 3 is 2.88 bits per heavy atom. The molecule has 0 saturated carbocycles. The fourth-order valence-corrected chi connectivity index (χ4v) is 1.46. The highest BCUT2D eigenvalue weighted by molar-refractivity contribution is 5.68. The van der Waals surface area contributed by atoms with Gasteiger partial charge in [-0.1, -0.05) is 0 Å². The van der Waals surface area contributed by atoms with Gasteiger partial charge in [0, 0.05) is 13.5 Å². The van der Waals surface area contributed by atoms with Crippen LogP contribution in [-0.4, -0.2) is 50.6 Å². The average Bonchev–Trinajstić information content (AvgIpc) is 2.55. The van der Waals surface area contributed by atoms with Gasteiger partial charge >= 0.3 is 11.8 Å². The fourth-order valence-electron chi connectivity index (χ4n) is 1.46. The van der Waals surface area contributed by atoms with Crippen LogP contribution in [-0.2, 0) is 11.3 Å². The minimum atomic E-state index is -0.927. The van der Waals surface area contributed by atoms with Crippen molar-refractivity contribution in [2.75, 3.05) is 20.1 Å². The molecule has 1 N–H and O–H groups in total. The second kappa shape index (κ2) is 5.39. The lowest BCUT2D eigenvalue weighted by Gasteiger charge is -2.12. The molecule has 0 atom stereocenters. The smallest absolute Gasteiger partial charge is 0.342 e. The van der Waals surface area contributed by atoms with Gasteiger partial charge in [0.15, 0.2) is 5.82 Å². The third-order valence-corrected chi connectivity index (χ3v) is 2.33. The van der Waals surface area contributed by atoms with E-state index < -0.39 is 10.9 Å². The summed E-state index contributed by atoms with van der Waals surface area (Å²) in [5.41, 5.74) is 0. The van der Waals surface area contributed by atoms with Gasteiger partial charge in [-0.05, 0) is 12.0 Å². The maximum atomic E-state index is 10.7. The molecule has 17 heavy (non-hydrogen) atoms. The first-order chi connectivity index (χ1) is 7.91. The van der Waals surface area contributed by atoms with E-state index in [1.54, 1.807) is 18.9 Å². The van der Waals surface area contributed by atoms with Gasteiger partial charge in [-0.2, -0.15) is 0 Å². The van der Waals surface area contributed by atoms with Crippen LogP contribution in [0.1, 0.15) is 5.82 Å². The van der Waals surface area contributed by atoms with E-state index in [-0.39, 0.29) is 12.4 Å². The van der Waals surface area contributed by atoms with Crippen molar-refractivity contribution in [1.82, 2.24) is 14.5 Å². The van der Waals surface area contributed by atoms with Gasteiger partial charge in [-0.3, -0.25) is 9.69 Å². The van der Waals surface area contributed by atoms with Crippen molar-refractivity contribution in [2.24, 2.45) is 0 Å². The van der Waals surface area contributed by atoms with E-state index in [1.165, 1.54) is 10.8 Å². The van der Waals surface area contributed by atoms with Crippen LogP contribution in [0.3, 0.4) is 0 Å². The first-order valence-corrected chi connectivity index (χ1v) is 4.98. The molecule has 8 nitrogen and oxygen atoms in total. The number of imidazole rings is 1. The maximum absolute atomic E-state index is 10.7. The summed E-state index contributed by atoms with van der Waals surface area (Å²) in [5, 5.41) is 19.3. The second-order valence-corrected chi connectivity index (χ2v) is 3.70. The Balaban J connectivity index is 2.65. The molecular weight excluding hydrogens is 228 g/mol.